The van der Waals surface area contributed by atoms with Crippen LogP contribution in [0.2, 0.25) is 0 Å². The highest BCUT2D eigenvalue weighted by atomic mass is 16.5. The molecule has 1 aliphatic rings. The number of ether oxygens (including phenoxy) is 1. The van der Waals surface area contributed by atoms with Crippen LogP contribution < -0.4 is 10.6 Å². The summed E-state index contributed by atoms with van der Waals surface area (Å²) in [6.45, 7) is 0. The van der Waals surface area contributed by atoms with Gasteiger partial charge in [0.2, 0.25) is 11.8 Å². The Morgan fingerprint density at radius 2 is 1.72 bits per heavy atom. The van der Waals surface area contributed by atoms with Crippen molar-refractivity contribution >= 4 is 23.6 Å². The summed E-state index contributed by atoms with van der Waals surface area (Å²) >= 11 is 0. The summed E-state index contributed by atoms with van der Waals surface area (Å²) in [5, 5.41) is 5.22. The number of methoxy groups -OCH3 is 1. The summed E-state index contributed by atoms with van der Waals surface area (Å²) in [6.07, 6.45) is 0.894. The van der Waals surface area contributed by atoms with Crippen molar-refractivity contribution in [1.29, 1.82) is 0 Å². The third-order valence-electron chi connectivity index (χ3n) is 4.81. The second kappa shape index (κ2) is 9.14. The van der Waals surface area contributed by atoms with Gasteiger partial charge in [-0.15, -0.1) is 0 Å². The lowest BCUT2D eigenvalue weighted by Gasteiger charge is -2.19. The van der Waals surface area contributed by atoms with Gasteiger partial charge in [0.05, 0.1) is 7.11 Å². The number of amides is 2. The third-order valence-corrected chi connectivity index (χ3v) is 4.81. The van der Waals surface area contributed by atoms with Crippen molar-refractivity contribution in [3.8, 4) is 0 Å². The van der Waals surface area contributed by atoms with Gasteiger partial charge in [0.1, 0.15) is 12.1 Å². The van der Waals surface area contributed by atoms with E-state index in [1.807, 2.05) is 6.07 Å². The van der Waals surface area contributed by atoms with E-state index in [9.17, 15) is 19.2 Å². The minimum absolute atomic E-state index is 0.0908. The molecule has 3 rings (SSSR count). The second-order valence-electron chi connectivity index (χ2n) is 6.84. The second-order valence-corrected chi connectivity index (χ2v) is 6.84. The van der Waals surface area contributed by atoms with Crippen molar-refractivity contribution in [1.82, 2.24) is 10.6 Å². The van der Waals surface area contributed by atoms with E-state index < -0.39 is 24.0 Å². The molecule has 150 valence electrons. The maximum absolute atomic E-state index is 12.5. The largest absolute Gasteiger partial charge is 0.467 e. The molecule has 0 aliphatic carbocycles. The highest BCUT2D eigenvalue weighted by Crippen LogP contribution is 2.13. The molecule has 2 aromatic rings. The van der Waals surface area contributed by atoms with E-state index in [0.29, 0.717) is 17.5 Å². The first-order valence-corrected chi connectivity index (χ1v) is 9.34. The first-order chi connectivity index (χ1) is 14.0. The van der Waals surface area contributed by atoms with Gasteiger partial charge in [-0.05, 0) is 12.0 Å². The van der Waals surface area contributed by atoms with Crippen molar-refractivity contribution in [2.24, 2.45) is 0 Å². The topological polar surface area (TPSA) is 102 Å². The minimum atomic E-state index is -0.888. The fraction of sp³-hybridized carbons (Fsp3) is 0.273. The van der Waals surface area contributed by atoms with E-state index in [2.05, 4.69) is 10.6 Å². The van der Waals surface area contributed by atoms with Crippen LogP contribution in [0.4, 0.5) is 0 Å². The summed E-state index contributed by atoms with van der Waals surface area (Å²) in [4.78, 5) is 48.2. The number of hydrogen-bond donors (Lipinski definition) is 2. The van der Waals surface area contributed by atoms with Gasteiger partial charge in [-0.2, -0.15) is 0 Å². The molecule has 2 N–H and O–H groups in total. The van der Waals surface area contributed by atoms with Crippen molar-refractivity contribution in [3.05, 3.63) is 71.3 Å². The Hall–Kier alpha value is -3.48. The minimum Gasteiger partial charge on any atom is -0.467 e. The average molecular weight is 394 g/mol. The molecule has 0 spiro atoms. The normalized spacial score (nSPS) is 16.6. The molecule has 1 heterocycles. The lowest BCUT2D eigenvalue weighted by molar-refractivity contribution is -0.145. The lowest BCUT2D eigenvalue weighted by Crippen LogP contribution is -2.49. The zero-order chi connectivity index (χ0) is 20.8. The van der Waals surface area contributed by atoms with Crippen LogP contribution in [0.5, 0.6) is 0 Å². The molecule has 0 saturated carbocycles. The highest BCUT2D eigenvalue weighted by molar-refractivity contribution is 6.08. The van der Waals surface area contributed by atoms with Gasteiger partial charge in [-0.25, -0.2) is 4.79 Å². The summed E-state index contributed by atoms with van der Waals surface area (Å²) in [6, 6.07) is 14.3. The van der Waals surface area contributed by atoms with Crippen molar-refractivity contribution in [2.45, 2.75) is 31.3 Å². The molecule has 7 heteroatoms. The summed E-state index contributed by atoms with van der Waals surface area (Å²) in [7, 11) is 1.25. The Kier molecular flexibility index (Phi) is 6.39. The SMILES string of the molecule is COC(=O)[C@H](Cc1ccc(C(=O)c2ccccc2)cc1)NC(=O)[C@H]1CCC(=O)N1. The lowest BCUT2D eigenvalue weighted by atomic mass is 9.99. The fourth-order valence-electron chi connectivity index (χ4n) is 3.20. The molecular formula is C22H22N2O5. The van der Waals surface area contributed by atoms with Crippen LogP contribution in [0.1, 0.15) is 34.3 Å². The van der Waals surface area contributed by atoms with Crippen molar-refractivity contribution in [3.63, 3.8) is 0 Å². The van der Waals surface area contributed by atoms with Gasteiger partial charge in [0, 0.05) is 24.0 Å². The molecule has 2 atom stereocenters. The molecule has 0 unspecified atom stereocenters. The molecule has 0 bridgehead atoms. The van der Waals surface area contributed by atoms with Gasteiger partial charge in [-0.1, -0.05) is 54.6 Å². The van der Waals surface area contributed by atoms with E-state index in [1.54, 1.807) is 48.5 Å². The van der Waals surface area contributed by atoms with Crippen LogP contribution in [0.25, 0.3) is 0 Å². The van der Waals surface area contributed by atoms with Crippen molar-refractivity contribution < 1.29 is 23.9 Å². The molecule has 1 saturated heterocycles. The van der Waals surface area contributed by atoms with Gasteiger partial charge >= 0.3 is 5.97 Å². The average Bonchev–Trinajstić information content (AvgIpc) is 3.19. The predicted molar refractivity (Wildman–Crippen MR) is 105 cm³/mol. The molecule has 29 heavy (non-hydrogen) atoms. The van der Waals surface area contributed by atoms with Crippen LogP contribution in [-0.4, -0.2) is 42.8 Å². The Balaban J connectivity index is 1.67. The van der Waals surface area contributed by atoms with Crippen LogP contribution >= 0.6 is 0 Å². The number of nitrogens with one attached hydrogen (secondary N) is 2. The van der Waals surface area contributed by atoms with E-state index in [0.717, 1.165) is 5.56 Å². The zero-order valence-electron chi connectivity index (χ0n) is 16.0. The fourth-order valence-corrected chi connectivity index (χ4v) is 3.20. The predicted octanol–water partition coefficient (Wildman–Crippen LogP) is 1.40. The highest BCUT2D eigenvalue weighted by Gasteiger charge is 2.30. The Morgan fingerprint density at radius 1 is 1.07 bits per heavy atom. The molecule has 0 aromatic heterocycles. The smallest absolute Gasteiger partial charge is 0.328 e. The molecule has 2 aromatic carbocycles. The number of ketones is 1. The molecular weight excluding hydrogens is 372 g/mol. The Bertz CT molecular complexity index is 909. The monoisotopic (exact) mass is 394 g/mol. The van der Waals surface area contributed by atoms with E-state index in [1.165, 1.54) is 7.11 Å². The number of carbonyl (C=O) groups excluding carboxylic acids is 4. The van der Waals surface area contributed by atoms with Gasteiger partial charge in [0.15, 0.2) is 5.78 Å². The maximum atomic E-state index is 12.5. The quantitative estimate of drug-likeness (QED) is 0.546. The standard InChI is InChI=1S/C22H22N2O5/c1-29-22(28)18(24-21(27)17-11-12-19(25)23-17)13-14-7-9-16(10-8-14)20(26)15-5-3-2-4-6-15/h2-10,17-18H,11-13H2,1H3,(H,23,25)(H,24,27)/t17-,18+/m1/s1. The zero-order valence-corrected chi connectivity index (χ0v) is 16.0. The van der Waals surface area contributed by atoms with Gasteiger partial charge < -0.3 is 15.4 Å². The van der Waals surface area contributed by atoms with Gasteiger partial charge in [0.25, 0.3) is 0 Å². The number of carbonyl (C=O) groups is 4. The number of benzene rings is 2. The first-order valence-electron chi connectivity index (χ1n) is 9.34. The van der Waals surface area contributed by atoms with Crippen LogP contribution in [0, 0.1) is 0 Å². The van der Waals surface area contributed by atoms with Crippen LogP contribution in [0.3, 0.4) is 0 Å². The first kappa shape index (κ1) is 20.3. The van der Waals surface area contributed by atoms with Crippen molar-refractivity contribution in [2.75, 3.05) is 7.11 Å². The maximum Gasteiger partial charge on any atom is 0.328 e. The van der Waals surface area contributed by atoms with Gasteiger partial charge in [-0.3, -0.25) is 14.4 Å². The number of hydrogen-bond acceptors (Lipinski definition) is 5. The summed E-state index contributed by atoms with van der Waals surface area (Å²) in [5.74, 6) is -1.26. The molecule has 0 radical (unpaired) electrons. The van der Waals surface area contributed by atoms with Crippen LogP contribution in [0.15, 0.2) is 54.6 Å². The Morgan fingerprint density at radius 3 is 2.31 bits per heavy atom. The Labute approximate surface area is 168 Å². The van der Waals surface area contributed by atoms with E-state index in [-0.39, 0.29) is 24.5 Å². The molecule has 1 aliphatic heterocycles. The molecule has 2 amide bonds. The van der Waals surface area contributed by atoms with E-state index in [4.69, 9.17) is 4.74 Å². The third kappa shape index (κ3) is 5.07. The summed E-state index contributed by atoms with van der Waals surface area (Å²) < 4.78 is 4.79. The van der Waals surface area contributed by atoms with Crippen LogP contribution in [-0.2, 0) is 25.5 Å². The number of rotatable bonds is 7. The molecule has 1 fully saturated rings. The molecule has 7 nitrogen and oxygen atoms in total. The number of esters is 1. The summed E-state index contributed by atoms with van der Waals surface area (Å²) in [5.41, 5.74) is 1.90. The van der Waals surface area contributed by atoms with E-state index >= 15 is 0 Å².